The number of hydrogen-bond donors (Lipinski definition) is 4. The molecule has 0 aliphatic rings. The van der Waals surface area contributed by atoms with Crippen molar-refractivity contribution in [2.24, 2.45) is 5.73 Å². The third-order valence-electron chi connectivity index (χ3n) is 1.99. The van der Waals surface area contributed by atoms with Gasteiger partial charge >= 0.3 is 0 Å². The van der Waals surface area contributed by atoms with Crippen LogP contribution in [0.2, 0.25) is 0 Å². The second kappa shape index (κ2) is 7.73. The SMILES string of the molecule is CCCC[C@H](N)C(=O)NC(CO)CO. The number of rotatable bonds is 7. The number of nitrogens with two attached hydrogens (primary N) is 1. The van der Waals surface area contributed by atoms with Gasteiger partial charge < -0.3 is 21.3 Å². The van der Waals surface area contributed by atoms with E-state index in [0.717, 1.165) is 12.8 Å². The summed E-state index contributed by atoms with van der Waals surface area (Å²) in [7, 11) is 0. The van der Waals surface area contributed by atoms with Gasteiger partial charge in [0.1, 0.15) is 0 Å². The molecule has 0 fully saturated rings. The molecule has 0 aliphatic heterocycles. The van der Waals surface area contributed by atoms with Gasteiger partial charge in [-0.2, -0.15) is 0 Å². The molecule has 84 valence electrons. The fourth-order valence-electron chi connectivity index (χ4n) is 1.01. The first-order valence-corrected chi connectivity index (χ1v) is 4.93. The van der Waals surface area contributed by atoms with Crippen molar-refractivity contribution >= 4 is 5.91 Å². The van der Waals surface area contributed by atoms with Crippen molar-refractivity contribution in [1.82, 2.24) is 5.32 Å². The molecule has 1 amide bonds. The summed E-state index contributed by atoms with van der Waals surface area (Å²) in [6.07, 6.45) is 2.52. The Morgan fingerprint density at radius 2 is 2.00 bits per heavy atom. The van der Waals surface area contributed by atoms with E-state index in [1.54, 1.807) is 0 Å². The number of carbonyl (C=O) groups is 1. The maximum Gasteiger partial charge on any atom is 0.237 e. The molecule has 0 saturated heterocycles. The summed E-state index contributed by atoms with van der Waals surface area (Å²) < 4.78 is 0. The predicted octanol–water partition coefficient (Wildman–Crippen LogP) is -1.03. The van der Waals surface area contributed by atoms with Gasteiger partial charge in [-0.15, -0.1) is 0 Å². The highest BCUT2D eigenvalue weighted by molar-refractivity contribution is 5.81. The van der Waals surface area contributed by atoms with Crippen molar-refractivity contribution in [3.63, 3.8) is 0 Å². The molecule has 1 atom stereocenters. The monoisotopic (exact) mass is 204 g/mol. The van der Waals surface area contributed by atoms with Crippen LogP contribution in [0.3, 0.4) is 0 Å². The third-order valence-corrected chi connectivity index (χ3v) is 1.99. The average molecular weight is 204 g/mol. The summed E-state index contributed by atoms with van der Waals surface area (Å²) in [5, 5.41) is 19.9. The van der Waals surface area contributed by atoms with E-state index in [2.05, 4.69) is 5.32 Å². The van der Waals surface area contributed by atoms with E-state index in [4.69, 9.17) is 15.9 Å². The highest BCUT2D eigenvalue weighted by atomic mass is 16.3. The molecule has 0 aromatic heterocycles. The fourth-order valence-corrected chi connectivity index (χ4v) is 1.01. The summed E-state index contributed by atoms with van der Waals surface area (Å²) in [5.74, 6) is -0.313. The molecule has 0 aromatic rings. The molecular formula is C9H20N2O3. The molecule has 0 aromatic carbocycles. The zero-order valence-electron chi connectivity index (χ0n) is 8.57. The molecule has 5 N–H and O–H groups in total. The Balaban J connectivity index is 3.81. The maximum absolute atomic E-state index is 11.3. The zero-order chi connectivity index (χ0) is 11.0. The van der Waals surface area contributed by atoms with Gasteiger partial charge in [-0.3, -0.25) is 4.79 Å². The number of nitrogens with one attached hydrogen (secondary N) is 1. The van der Waals surface area contributed by atoms with Gasteiger partial charge in [0.2, 0.25) is 5.91 Å². The highest BCUT2D eigenvalue weighted by Gasteiger charge is 2.16. The maximum atomic E-state index is 11.3. The Bertz CT molecular complexity index is 160. The van der Waals surface area contributed by atoms with Crippen LogP contribution in [0.15, 0.2) is 0 Å². The minimum Gasteiger partial charge on any atom is -0.394 e. The molecule has 5 heteroatoms. The van der Waals surface area contributed by atoms with Crippen LogP contribution in [0.1, 0.15) is 26.2 Å². The molecule has 0 heterocycles. The molecule has 0 bridgehead atoms. The predicted molar refractivity (Wildman–Crippen MR) is 53.6 cm³/mol. The molecule has 0 rings (SSSR count). The van der Waals surface area contributed by atoms with Gasteiger partial charge in [0.15, 0.2) is 0 Å². The summed E-state index contributed by atoms with van der Waals surface area (Å²) in [6.45, 7) is 1.47. The van der Waals surface area contributed by atoms with Crippen molar-refractivity contribution in [2.75, 3.05) is 13.2 Å². The second-order valence-corrected chi connectivity index (χ2v) is 3.32. The van der Waals surface area contributed by atoms with Crippen LogP contribution in [-0.2, 0) is 4.79 Å². The average Bonchev–Trinajstić information content (AvgIpc) is 2.21. The summed E-state index contributed by atoms with van der Waals surface area (Å²) in [6, 6.07) is -1.15. The third kappa shape index (κ3) is 5.16. The minimum atomic E-state index is -0.602. The first-order valence-electron chi connectivity index (χ1n) is 4.93. The molecule has 0 unspecified atom stereocenters. The molecule has 0 aliphatic carbocycles. The standard InChI is InChI=1S/C9H20N2O3/c1-2-3-4-8(10)9(14)11-7(5-12)6-13/h7-8,12-13H,2-6,10H2,1H3,(H,11,14)/t8-/m0/s1. The molecule has 14 heavy (non-hydrogen) atoms. The second-order valence-electron chi connectivity index (χ2n) is 3.32. The van der Waals surface area contributed by atoms with Crippen molar-refractivity contribution in [3.05, 3.63) is 0 Å². The van der Waals surface area contributed by atoms with Crippen LogP contribution in [0.25, 0.3) is 0 Å². The number of hydrogen-bond acceptors (Lipinski definition) is 4. The van der Waals surface area contributed by atoms with Gasteiger partial charge in [0.05, 0.1) is 25.3 Å². The van der Waals surface area contributed by atoms with Crippen LogP contribution in [0, 0.1) is 0 Å². The number of aliphatic hydroxyl groups excluding tert-OH is 2. The van der Waals surface area contributed by atoms with Crippen molar-refractivity contribution in [1.29, 1.82) is 0 Å². The van der Waals surface area contributed by atoms with E-state index < -0.39 is 12.1 Å². The van der Waals surface area contributed by atoms with E-state index in [0.29, 0.717) is 6.42 Å². The lowest BCUT2D eigenvalue weighted by molar-refractivity contribution is -0.123. The van der Waals surface area contributed by atoms with Crippen molar-refractivity contribution in [3.8, 4) is 0 Å². The van der Waals surface area contributed by atoms with Crippen LogP contribution in [0.5, 0.6) is 0 Å². The Kier molecular flexibility index (Phi) is 7.37. The lowest BCUT2D eigenvalue weighted by atomic mass is 10.1. The van der Waals surface area contributed by atoms with E-state index in [9.17, 15) is 4.79 Å². The molecule has 0 spiro atoms. The van der Waals surface area contributed by atoms with Crippen LogP contribution < -0.4 is 11.1 Å². The summed E-state index contributed by atoms with van der Waals surface area (Å²) >= 11 is 0. The molecule has 0 saturated carbocycles. The van der Waals surface area contributed by atoms with Crippen LogP contribution >= 0.6 is 0 Å². The quantitative estimate of drug-likeness (QED) is 0.426. The summed E-state index contributed by atoms with van der Waals surface area (Å²) in [4.78, 5) is 11.3. The van der Waals surface area contributed by atoms with Gasteiger partial charge in [0, 0.05) is 0 Å². The molecule has 5 nitrogen and oxygen atoms in total. The van der Waals surface area contributed by atoms with E-state index in [1.807, 2.05) is 6.92 Å². The summed E-state index contributed by atoms with van der Waals surface area (Å²) in [5.41, 5.74) is 5.59. The number of aliphatic hydroxyl groups is 2. The van der Waals surface area contributed by atoms with Crippen LogP contribution in [-0.4, -0.2) is 41.4 Å². The Morgan fingerprint density at radius 1 is 1.43 bits per heavy atom. The fraction of sp³-hybridized carbons (Fsp3) is 0.889. The lowest BCUT2D eigenvalue weighted by Crippen LogP contribution is -2.48. The minimum absolute atomic E-state index is 0.275. The normalized spacial score (nSPS) is 12.9. The zero-order valence-corrected chi connectivity index (χ0v) is 8.57. The number of amides is 1. The van der Waals surface area contributed by atoms with E-state index in [1.165, 1.54) is 0 Å². The Labute approximate surface area is 84.3 Å². The van der Waals surface area contributed by atoms with Gasteiger partial charge in [-0.25, -0.2) is 0 Å². The van der Waals surface area contributed by atoms with Gasteiger partial charge in [0.25, 0.3) is 0 Å². The van der Waals surface area contributed by atoms with Gasteiger partial charge in [-0.1, -0.05) is 19.8 Å². The number of unbranched alkanes of at least 4 members (excludes halogenated alkanes) is 1. The topological polar surface area (TPSA) is 95.6 Å². The lowest BCUT2D eigenvalue weighted by Gasteiger charge is -2.16. The molecular weight excluding hydrogens is 184 g/mol. The van der Waals surface area contributed by atoms with Crippen LogP contribution in [0.4, 0.5) is 0 Å². The van der Waals surface area contributed by atoms with Crippen molar-refractivity contribution in [2.45, 2.75) is 38.3 Å². The van der Waals surface area contributed by atoms with E-state index in [-0.39, 0.29) is 19.1 Å². The van der Waals surface area contributed by atoms with E-state index >= 15 is 0 Å². The van der Waals surface area contributed by atoms with Gasteiger partial charge in [-0.05, 0) is 6.42 Å². The Hall–Kier alpha value is -0.650. The largest absolute Gasteiger partial charge is 0.394 e. The number of carbonyl (C=O) groups excluding carboxylic acids is 1. The molecule has 0 radical (unpaired) electrons. The highest BCUT2D eigenvalue weighted by Crippen LogP contribution is 1.98. The Morgan fingerprint density at radius 3 is 2.43 bits per heavy atom. The van der Waals surface area contributed by atoms with Crippen molar-refractivity contribution < 1.29 is 15.0 Å². The first kappa shape index (κ1) is 13.4. The smallest absolute Gasteiger partial charge is 0.237 e. The first-order chi connectivity index (χ1) is 6.65.